The van der Waals surface area contributed by atoms with E-state index in [0.29, 0.717) is 17.8 Å². The third-order valence-electron chi connectivity index (χ3n) is 3.41. The van der Waals surface area contributed by atoms with Crippen LogP contribution in [-0.2, 0) is 0 Å². The molecule has 0 aromatic carbocycles. The zero-order chi connectivity index (χ0) is 7.52. The molecule has 2 fully saturated rings. The maximum absolute atomic E-state index is 9.69. The summed E-state index contributed by atoms with van der Waals surface area (Å²) < 4.78 is 0. The summed E-state index contributed by atoms with van der Waals surface area (Å²) in [5, 5.41) is 19.0. The second-order valence-electron chi connectivity index (χ2n) is 4.03. The van der Waals surface area contributed by atoms with Crippen molar-refractivity contribution in [3.05, 3.63) is 0 Å². The van der Waals surface area contributed by atoms with Gasteiger partial charge in [-0.15, -0.1) is 0 Å². The third kappa shape index (κ3) is 0.565. The maximum Gasteiger partial charge on any atom is 0.0910 e. The zero-order valence-electron chi connectivity index (χ0n) is 6.41. The van der Waals surface area contributed by atoms with Crippen molar-refractivity contribution < 1.29 is 10.2 Å². The van der Waals surface area contributed by atoms with Crippen LogP contribution in [0.2, 0.25) is 0 Å². The first-order valence-electron chi connectivity index (χ1n) is 3.95. The molecule has 2 saturated carbocycles. The highest BCUT2D eigenvalue weighted by molar-refractivity contribution is 5.14. The lowest BCUT2D eigenvalue weighted by atomic mass is 9.95. The van der Waals surface area contributed by atoms with Crippen LogP contribution >= 0.6 is 0 Å². The largest absolute Gasteiger partial charge is 0.390 e. The Balaban J connectivity index is 2.19. The standard InChI is InChI=1S/C8H14O2/c1-4-5-3-6(9)8(2,10)7(4)5/h4-7,9-10H,3H2,1-2H3/t4-,5-,6+,7+,8+/m0/s1. The molecule has 0 aromatic heterocycles. The number of aliphatic hydroxyl groups excluding tert-OH is 1. The molecule has 0 heterocycles. The fourth-order valence-electron chi connectivity index (χ4n) is 2.59. The van der Waals surface area contributed by atoms with Gasteiger partial charge in [-0.3, -0.25) is 0 Å². The summed E-state index contributed by atoms with van der Waals surface area (Å²) in [6.07, 6.45) is 0.331. The van der Waals surface area contributed by atoms with Gasteiger partial charge in [0.25, 0.3) is 0 Å². The van der Waals surface area contributed by atoms with E-state index in [9.17, 15) is 10.2 Å². The average Bonchev–Trinajstić information content (AvgIpc) is 2.34. The summed E-state index contributed by atoms with van der Waals surface area (Å²) >= 11 is 0. The van der Waals surface area contributed by atoms with Crippen molar-refractivity contribution >= 4 is 0 Å². The molecule has 2 rings (SSSR count). The summed E-state index contributed by atoms with van der Waals surface area (Å²) in [7, 11) is 0. The van der Waals surface area contributed by atoms with Gasteiger partial charge in [0.2, 0.25) is 0 Å². The predicted octanol–water partition coefficient (Wildman–Crippen LogP) is 0.384. The van der Waals surface area contributed by atoms with Crippen molar-refractivity contribution in [1.82, 2.24) is 0 Å². The van der Waals surface area contributed by atoms with E-state index in [1.54, 1.807) is 6.92 Å². The second kappa shape index (κ2) is 1.56. The lowest BCUT2D eigenvalue weighted by molar-refractivity contribution is -0.0628. The minimum atomic E-state index is -0.788. The topological polar surface area (TPSA) is 40.5 Å². The van der Waals surface area contributed by atoms with Crippen LogP contribution in [0.3, 0.4) is 0 Å². The van der Waals surface area contributed by atoms with Crippen LogP contribution in [0, 0.1) is 17.8 Å². The van der Waals surface area contributed by atoms with Crippen LogP contribution in [-0.4, -0.2) is 21.9 Å². The normalized spacial score (nSPS) is 66.0. The molecular weight excluding hydrogens is 128 g/mol. The van der Waals surface area contributed by atoms with Gasteiger partial charge in [0.05, 0.1) is 11.7 Å². The van der Waals surface area contributed by atoms with Gasteiger partial charge in [-0.2, -0.15) is 0 Å². The van der Waals surface area contributed by atoms with E-state index in [1.807, 2.05) is 0 Å². The minimum Gasteiger partial charge on any atom is -0.390 e. The molecule has 0 saturated heterocycles. The molecule has 5 atom stereocenters. The summed E-state index contributed by atoms with van der Waals surface area (Å²) in [5.74, 6) is 1.62. The quantitative estimate of drug-likeness (QED) is 0.513. The van der Waals surface area contributed by atoms with Crippen LogP contribution in [0.1, 0.15) is 20.3 Å². The van der Waals surface area contributed by atoms with E-state index in [4.69, 9.17) is 0 Å². The molecule has 2 aliphatic rings. The monoisotopic (exact) mass is 142 g/mol. The molecule has 0 amide bonds. The molecule has 0 aromatic rings. The van der Waals surface area contributed by atoms with Crippen LogP contribution < -0.4 is 0 Å². The molecule has 0 bridgehead atoms. The van der Waals surface area contributed by atoms with Crippen molar-refractivity contribution in [1.29, 1.82) is 0 Å². The first-order chi connectivity index (χ1) is 4.55. The summed E-state index contributed by atoms with van der Waals surface area (Å²) in [4.78, 5) is 0. The van der Waals surface area contributed by atoms with Crippen molar-refractivity contribution in [3.8, 4) is 0 Å². The molecule has 58 valence electrons. The van der Waals surface area contributed by atoms with Crippen molar-refractivity contribution in [2.75, 3.05) is 0 Å². The first-order valence-corrected chi connectivity index (χ1v) is 3.95. The molecule has 10 heavy (non-hydrogen) atoms. The van der Waals surface area contributed by atoms with Gasteiger partial charge in [0, 0.05) is 0 Å². The molecule has 2 N–H and O–H groups in total. The SMILES string of the molecule is C[C@H]1[C@@H]2C[C@@H](O)[C@@](C)(O)[C@H]12. The van der Waals surface area contributed by atoms with E-state index in [-0.39, 0.29) is 0 Å². The Morgan fingerprint density at radius 1 is 1.50 bits per heavy atom. The third-order valence-corrected chi connectivity index (χ3v) is 3.41. The van der Waals surface area contributed by atoms with E-state index in [1.165, 1.54) is 0 Å². The van der Waals surface area contributed by atoms with Crippen LogP contribution in [0.5, 0.6) is 0 Å². The predicted molar refractivity (Wildman–Crippen MR) is 37.4 cm³/mol. The molecule has 0 aliphatic heterocycles. The number of hydrogen-bond donors (Lipinski definition) is 2. The molecular formula is C8H14O2. The van der Waals surface area contributed by atoms with Gasteiger partial charge in [0.15, 0.2) is 0 Å². The zero-order valence-corrected chi connectivity index (χ0v) is 6.41. The highest BCUT2D eigenvalue weighted by Crippen LogP contribution is 2.61. The van der Waals surface area contributed by atoms with E-state index < -0.39 is 11.7 Å². The molecule has 0 spiro atoms. The molecule has 0 unspecified atom stereocenters. The van der Waals surface area contributed by atoms with Crippen LogP contribution in [0.4, 0.5) is 0 Å². The lowest BCUT2D eigenvalue weighted by Gasteiger charge is -2.25. The Hall–Kier alpha value is -0.0800. The van der Waals surface area contributed by atoms with Crippen molar-refractivity contribution in [3.63, 3.8) is 0 Å². The minimum absolute atomic E-state index is 0.377. The molecule has 2 aliphatic carbocycles. The lowest BCUT2D eigenvalue weighted by Crippen LogP contribution is -2.38. The number of hydrogen-bond acceptors (Lipinski definition) is 2. The van der Waals surface area contributed by atoms with Crippen LogP contribution in [0.25, 0.3) is 0 Å². The number of rotatable bonds is 0. The maximum atomic E-state index is 9.69. The smallest absolute Gasteiger partial charge is 0.0910 e. The van der Waals surface area contributed by atoms with Gasteiger partial charge in [0.1, 0.15) is 0 Å². The summed E-state index contributed by atoms with van der Waals surface area (Å²) in [6, 6.07) is 0. The average molecular weight is 142 g/mol. The first kappa shape index (κ1) is 6.62. The summed E-state index contributed by atoms with van der Waals surface area (Å²) in [6.45, 7) is 3.90. The fraction of sp³-hybridized carbons (Fsp3) is 1.00. The van der Waals surface area contributed by atoms with Crippen molar-refractivity contribution in [2.24, 2.45) is 17.8 Å². The van der Waals surface area contributed by atoms with Gasteiger partial charge in [-0.25, -0.2) is 0 Å². The van der Waals surface area contributed by atoms with Gasteiger partial charge in [-0.1, -0.05) is 6.92 Å². The Morgan fingerprint density at radius 3 is 2.40 bits per heavy atom. The van der Waals surface area contributed by atoms with E-state index in [0.717, 1.165) is 6.42 Å². The van der Waals surface area contributed by atoms with E-state index in [2.05, 4.69) is 6.92 Å². The number of fused-ring (bicyclic) bond motifs is 1. The van der Waals surface area contributed by atoms with Gasteiger partial charge in [-0.05, 0) is 31.1 Å². The summed E-state index contributed by atoms with van der Waals surface area (Å²) in [5.41, 5.74) is -0.788. The van der Waals surface area contributed by atoms with E-state index >= 15 is 0 Å². The Labute approximate surface area is 60.9 Å². The molecule has 2 heteroatoms. The van der Waals surface area contributed by atoms with Crippen LogP contribution in [0.15, 0.2) is 0 Å². The van der Waals surface area contributed by atoms with Gasteiger partial charge >= 0.3 is 0 Å². The molecule has 2 nitrogen and oxygen atoms in total. The Bertz CT molecular complexity index is 165. The van der Waals surface area contributed by atoms with Crippen molar-refractivity contribution in [2.45, 2.75) is 32.0 Å². The molecule has 0 radical (unpaired) electrons. The highest BCUT2D eigenvalue weighted by atomic mass is 16.3. The van der Waals surface area contributed by atoms with Gasteiger partial charge < -0.3 is 10.2 Å². The number of aliphatic hydroxyl groups is 2. The Morgan fingerprint density at radius 2 is 2.10 bits per heavy atom. The fourth-order valence-corrected chi connectivity index (χ4v) is 2.59. The Kier molecular flexibility index (Phi) is 1.03. The second-order valence-corrected chi connectivity index (χ2v) is 4.03. The highest BCUT2D eigenvalue weighted by Gasteiger charge is 2.64.